The molecule has 0 aliphatic carbocycles. The zero-order valence-electron chi connectivity index (χ0n) is 17.3. The molecule has 0 aliphatic rings. The van der Waals surface area contributed by atoms with E-state index in [4.69, 9.17) is 4.74 Å². The Morgan fingerprint density at radius 3 is 2.24 bits per heavy atom. The summed E-state index contributed by atoms with van der Waals surface area (Å²) in [5, 5.41) is 1.10. The van der Waals surface area contributed by atoms with Crippen molar-refractivity contribution in [1.82, 2.24) is 0 Å². The van der Waals surface area contributed by atoms with E-state index in [0.29, 0.717) is 12.8 Å². The molecule has 2 aromatic carbocycles. The molecule has 1 unspecified atom stereocenters. The second-order valence-electron chi connectivity index (χ2n) is 7.24. The highest BCUT2D eigenvalue weighted by Crippen LogP contribution is 2.34. The molecule has 0 bridgehead atoms. The van der Waals surface area contributed by atoms with Crippen molar-refractivity contribution in [2.24, 2.45) is 0 Å². The first-order valence-corrected chi connectivity index (χ1v) is 13.7. The van der Waals surface area contributed by atoms with E-state index in [1.54, 1.807) is 0 Å². The first-order valence-electron chi connectivity index (χ1n) is 10.4. The van der Waals surface area contributed by atoms with Crippen molar-refractivity contribution in [3.8, 4) is 5.75 Å². The predicted octanol–water partition coefficient (Wildman–Crippen LogP) is 4.93. The molecule has 0 spiro atoms. The van der Waals surface area contributed by atoms with E-state index in [2.05, 4.69) is 19.1 Å². The molecule has 160 valence electrons. The Labute approximate surface area is 177 Å². The molecule has 0 saturated carbocycles. The van der Waals surface area contributed by atoms with Gasteiger partial charge in [-0.05, 0) is 42.0 Å². The van der Waals surface area contributed by atoms with Crippen LogP contribution in [0, 0.1) is 0 Å². The Bertz CT molecular complexity index is 791. The number of unbranched alkanes of at least 4 members (excludes halogenated alkanes) is 4. The number of aryl methyl sites for hydroxylation is 1. The Kier molecular flexibility index (Phi) is 10.7. The highest BCUT2D eigenvalue weighted by Gasteiger charge is 2.12. The van der Waals surface area contributed by atoms with E-state index in [0.717, 1.165) is 23.6 Å². The number of hydrogen-bond donors (Lipinski definition) is 0. The average molecular weight is 436 g/mol. The zero-order valence-corrected chi connectivity index (χ0v) is 19.0. The smallest absolute Gasteiger partial charge is 0.119 e. The highest BCUT2D eigenvalue weighted by atomic mass is 32.2. The lowest BCUT2D eigenvalue weighted by Crippen LogP contribution is -2.16. The summed E-state index contributed by atoms with van der Waals surface area (Å²) in [4.78, 5) is 0. The van der Waals surface area contributed by atoms with Gasteiger partial charge in [-0.1, -0.05) is 83.0 Å². The second kappa shape index (κ2) is 13.0. The number of rotatable bonds is 14. The third-order valence-electron chi connectivity index (χ3n) is 4.85. The summed E-state index contributed by atoms with van der Waals surface area (Å²) < 4.78 is 39.0. The van der Waals surface area contributed by atoms with E-state index >= 15 is 0 Å². The Hall–Kier alpha value is -1.42. The van der Waals surface area contributed by atoms with Gasteiger partial charge in [-0.15, -0.1) is 0 Å². The molecule has 0 aromatic heterocycles. The van der Waals surface area contributed by atoms with Gasteiger partial charge in [-0.2, -0.15) is 0 Å². The van der Waals surface area contributed by atoms with Crippen molar-refractivity contribution in [2.75, 3.05) is 24.7 Å². The maximum atomic E-state index is 11.0. The summed E-state index contributed by atoms with van der Waals surface area (Å²) in [6.45, 7) is 2.74. The Morgan fingerprint density at radius 2 is 1.59 bits per heavy atom. The highest BCUT2D eigenvalue weighted by molar-refractivity contribution is 7.86. The summed E-state index contributed by atoms with van der Waals surface area (Å²) in [6.07, 6.45) is 8.63. The molecular formula is C23H32O4PS-. The van der Waals surface area contributed by atoms with Gasteiger partial charge in [0, 0.05) is 11.9 Å². The van der Waals surface area contributed by atoms with Crippen LogP contribution < -0.4 is 10.0 Å². The number of ether oxygens (including phenoxy) is 1. The quantitative estimate of drug-likeness (QED) is 0.240. The molecule has 0 amide bonds. The maximum Gasteiger partial charge on any atom is 0.119 e. The van der Waals surface area contributed by atoms with Gasteiger partial charge < -0.3 is 9.29 Å². The van der Waals surface area contributed by atoms with E-state index in [9.17, 15) is 13.0 Å². The van der Waals surface area contributed by atoms with Crippen LogP contribution in [0.3, 0.4) is 0 Å². The molecule has 2 rings (SSSR count). The second-order valence-corrected chi connectivity index (χ2v) is 11.3. The molecular weight excluding hydrogens is 403 g/mol. The van der Waals surface area contributed by atoms with E-state index in [-0.39, 0.29) is 5.75 Å². The van der Waals surface area contributed by atoms with Crippen LogP contribution in [0.1, 0.15) is 44.6 Å². The van der Waals surface area contributed by atoms with Crippen LogP contribution in [-0.4, -0.2) is 37.7 Å². The van der Waals surface area contributed by atoms with Crippen LogP contribution in [0.4, 0.5) is 0 Å². The van der Waals surface area contributed by atoms with Crippen LogP contribution in [0.15, 0.2) is 54.6 Å². The minimum atomic E-state index is -4.20. The van der Waals surface area contributed by atoms with E-state index < -0.39 is 18.0 Å². The average Bonchev–Trinajstić information content (AvgIpc) is 2.71. The molecule has 0 aliphatic heterocycles. The van der Waals surface area contributed by atoms with Gasteiger partial charge in [0.1, 0.15) is 5.75 Å². The fourth-order valence-electron chi connectivity index (χ4n) is 3.19. The monoisotopic (exact) mass is 435 g/mol. The predicted molar refractivity (Wildman–Crippen MR) is 122 cm³/mol. The molecule has 6 heteroatoms. The lowest BCUT2D eigenvalue weighted by molar-refractivity contribution is 0.343. The molecule has 4 nitrogen and oxygen atoms in total. The van der Waals surface area contributed by atoms with Gasteiger partial charge in [0.2, 0.25) is 0 Å². The first-order chi connectivity index (χ1) is 14.0. The molecule has 29 heavy (non-hydrogen) atoms. The van der Waals surface area contributed by atoms with Gasteiger partial charge in [0.15, 0.2) is 0 Å². The van der Waals surface area contributed by atoms with Crippen molar-refractivity contribution in [3.63, 3.8) is 0 Å². The molecule has 2 aromatic rings. The molecule has 0 radical (unpaired) electrons. The largest absolute Gasteiger partial charge is 0.748 e. The Balaban J connectivity index is 1.80. The van der Waals surface area contributed by atoms with Crippen molar-refractivity contribution in [3.05, 3.63) is 60.2 Å². The van der Waals surface area contributed by atoms with Crippen LogP contribution >= 0.6 is 7.92 Å². The van der Waals surface area contributed by atoms with Crippen molar-refractivity contribution < 1.29 is 17.7 Å². The molecule has 1 atom stereocenters. The lowest BCUT2D eigenvalue weighted by atomic mass is 10.1. The SMILES string of the molecule is CCCCCCCc1ccc(OCCP(CCS(=O)(=O)[O-])c2ccccc2)cc1. The molecule has 0 fully saturated rings. The summed E-state index contributed by atoms with van der Waals surface area (Å²) in [6, 6.07) is 18.1. The minimum absolute atomic E-state index is 0.319. The molecule has 0 saturated heterocycles. The topological polar surface area (TPSA) is 66.4 Å². The van der Waals surface area contributed by atoms with Gasteiger partial charge >= 0.3 is 0 Å². The van der Waals surface area contributed by atoms with Crippen molar-refractivity contribution in [1.29, 1.82) is 0 Å². The standard InChI is InChI=1S/C23H33O4PS/c1-2-3-4-5-7-10-21-13-15-22(16-14-21)27-17-18-28(19-20-29(24,25)26)23-11-8-6-9-12-23/h6,8-9,11-16H,2-5,7,10,17-20H2,1H3,(H,24,25,26)/p-1. The Morgan fingerprint density at radius 1 is 0.897 bits per heavy atom. The van der Waals surface area contributed by atoms with E-state index in [1.807, 2.05) is 42.5 Å². The van der Waals surface area contributed by atoms with Gasteiger partial charge in [0.25, 0.3) is 0 Å². The fraction of sp³-hybridized carbons (Fsp3) is 0.478. The normalized spacial score (nSPS) is 12.6. The maximum absolute atomic E-state index is 11.0. The summed E-state index contributed by atoms with van der Waals surface area (Å²) in [5.41, 5.74) is 1.33. The third kappa shape index (κ3) is 10.3. The van der Waals surface area contributed by atoms with Gasteiger partial charge in [-0.25, -0.2) is 8.42 Å². The zero-order chi connectivity index (χ0) is 21.0. The van der Waals surface area contributed by atoms with Crippen LogP contribution in [-0.2, 0) is 16.5 Å². The number of hydrogen-bond acceptors (Lipinski definition) is 4. The first kappa shape index (κ1) is 23.9. The van der Waals surface area contributed by atoms with Crippen molar-refractivity contribution in [2.45, 2.75) is 45.4 Å². The van der Waals surface area contributed by atoms with E-state index in [1.165, 1.54) is 37.7 Å². The summed E-state index contributed by atoms with van der Waals surface area (Å²) in [7, 11) is -4.94. The molecule has 0 heterocycles. The van der Waals surface area contributed by atoms with Gasteiger partial charge in [0.05, 0.1) is 16.7 Å². The van der Waals surface area contributed by atoms with Gasteiger partial charge in [-0.3, -0.25) is 0 Å². The van der Waals surface area contributed by atoms with Crippen molar-refractivity contribution >= 4 is 23.3 Å². The number of benzene rings is 2. The lowest BCUT2D eigenvalue weighted by Gasteiger charge is -2.19. The molecule has 0 N–H and O–H groups in total. The third-order valence-corrected chi connectivity index (χ3v) is 8.38. The van der Waals surface area contributed by atoms with Crippen LogP contribution in [0.2, 0.25) is 0 Å². The summed E-state index contributed by atoms with van der Waals surface area (Å²) in [5.74, 6) is 0.514. The van der Waals surface area contributed by atoms with Crippen LogP contribution in [0.25, 0.3) is 0 Å². The van der Waals surface area contributed by atoms with Crippen LogP contribution in [0.5, 0.6) is 5.75 Å². The summed E-state index contributed by atoms with van der Waals surface area (Å²) >= 11 is 0. The minimum Gasteiger partial charge on any atom is -0.748 e. The fourth-order valence-corrected chi connectivity index (χ4v) is 6.61.